The first-order valence-corrected chi connectivity index (χ1v) is 6.43. The summed E-state index contributed by atoms with van der Waals surface area (Å²) in [5.74, 6) is -0.0709. The SMILES string of the molecule is CCOC(=O)c1nn(-c2cnc3ccccc3n2)cc1N. The van der Waals surface area contributed by atoms with Crippen LogP contribution in [0.25, 0.3) is 16.9 Å². The fourth-order valence-electron chi connectivity index (χ4n) is 1.92. The largest absolute Gasteiger partial charge is 0.461 e. The summed E-state index contributed by atoms with van der Waals surface area (Å²) in [6, 6.07) is 7.49. The molecule has 0 aliphatic carbocycles. The van der Waals surface area contributed by atoms with Crippen molar-refractivity contribution < 1.29 is 9.53 Å². The van der Waals surface area contributed by atoms with Crippen LogP contribution in [-0.4, -0.2) is 32.3 Å². The third-order valence-electron chi connectivity index (χ3n) is 2.88. The Hall–Kier alpha value is -2.96. The number of para-hydroxylation sites is 2. The highest BCUT2D eigenvalue weighted by Crippen LogP contribution is 2.15. The highest BCUT2D eigenvalue weighted by molar-refractivity contribution is 5.92. The minimum Gasteiger partial charge on any atom is -0.461 e. The maximum atomic E-state index is 11.7. The van der Waals surface area contributed by atoms with Crippen LogP contribution in [-0.2, 0) is 4.74 Å². The maximum absolute atomic E-state index is 11.7. The summed E-state index contributed by atoms with van der Waals surface area (Å²) in [6.07, 6.45) is 3.09. The van der Waals surface area contributed by atoms with Gasteiger partial charge in [0.1, 0.15) is 0 Å². The summed E-state index contributed by atoms with van der Waals surface area (Å²) >= 11 is 0. The van der Waals surface area contributed by atoms with Gasteiger partial charge in [-0.25, -0.2) is 14.5 Å². The Labute approximate surface area is 120 Å². The standard InChI is InChI=1S/C14H13N5O2/c1-2-21-14(20)13-9(15)8-19(18-13)12-7-16-10-5-3-4-6-11(10)17-12/h3-8H,2,15H2,1H3. The molecule has 0 aliphatic heterocycles. The molecule has 0 radical (unpaired) electrons. The molecular formula is C14H13N5O2. The number of aromatic nitrogens is 4. The molecule has 3 rings (SSSR count). The number of carbonyl (C=O) groups is 1. The number of nitrogen functional groups attached to an aromatic ring is 1. The van der Waals surface area contributed by atoms with E-state index in [4.69, 9.17) is 10.5 Å². The van der Waals surface area contributed by atoms with E-state index in [-0.39, 0.29) is 18.0 Å². The predicted molar refractivity (Wildman–Crippen MR) is 77.0 cm³/mol. The van der Waals surface area contributed by atoms with Gasteiger partial charge in [0.2, 0.25) is 0 Å². The minimum absolute atomic E-state index is 0.0757. The van der Waals surface area contributed by atoms with Crippen molar-refractivity contribution in [2.75, 3.05) is 12.3 Å². The van der Waals surface area contributed by atoms with Gasteiger partial charge in [-0.05, 0) is 19.1 Å². The van der Waals surface area contributed by atoms with Crippen molar-refractivity contribution in [3.8, 4) is 5.82 Å². The number of hydrogen-bond acceptors (Lipinski definition) is 6. The zero-order valence-corrected chi connectivity index (χ0v) is 11.4. The molecule has 106 valence electrons. The first-order valence-electron chi connectivity index (χ1n) is 6.43. The van der Waals surface area contributed by atoms with Crippen LogP contribution in [0.2, 0.25) is 0 Å². The molecule has 0 fully saturated rings. The fraction of sp³-hybridized carbons (Fsp3) is 0.143. The normalized spacial score (nSPS) is 10.7. The van der Waals surface area contributed by atoms with Crippen LogP contribution in [0.15, 0.2) is 36.7 Å². The topological polar surface area (TPSA) is 95.9 Å². The van der Waals surface area contributed by atoms with E-state index in [1.54, 1.807) is 13.1 Å². The number of esters is 1. The van der Waals surface area contributed by atoms with Gasteiger partial charge in [-0.15, -0.1) is 0 Å². The van der Waals surface area contributed by atoms with E-state index in [1.807, 2.05) is 24.3 Å². The van der Waals surface area contributed by atoms with Gasteiger partial charge in [-0.1, -0.05) is 12.1 Å². The summed E-state index contributed by atoms with van der Waals surface area (Å²) in [5, 5.41) is 4.12. The number of fused-ring (bicyclic) bond motifs is 1. The average Bonchev–Trinajstić information content (AvgIpc) is 2.89. The van der Waals surface area contributed by atoms with Crippen molar-refractivity contribution >= 4 is 22.7 Å². The molecule has 0 spiro atoms. The number of ether oxygens (including phenoxy) is 1. The van der Waals surface area contributed by atoms with Crippen molar-refractivity contribution in [3.63, 3.8) is 0 Å². The molecule has 0 atom stereocenters. The molecule has 0 unspecified atom stereocenters. The van der Waals surface area contributed by atoms with Gasteiger partial charge in [0.25, 0.3) is 0 Å². The van der Waals surface area contributed by atoms with Gasteiger partial charge in [0, 0.05) is 0 Å². The molecular weight excluding hydrogens is 270 g/mol. The number of rotatable bonds is 3. The molecule has 0 bridgehead atoms. The van der Waals surface area contributed by atoms with Crippen molar-refractivity contribution in [2.45, 2.75) is 6.92 Å². The number of carbonyl (C=O) groups excluding carboxylic acids is 1. The second-order valence-electron chi connectivity index (χ2n) is 4.32. The molecule has 2 N–H and O–H groups in total. The van der Waals surface area contributed by atoms with Gasteiger partial charge in [-0.2, -0.15) is 5.10 Å². The van der Waals surface area contributed by atoms with Gasteiger partial charge in [0.15, 0.2) is 11.5 Å². The lowest BCUT2D eigenvalue weighted by molar-refractivity contribution is 0.0520. The van der Waals surface area contributed by atoms with Crippen LogP contribution in [0, 0.1) is 0 Å². The van der Waals surface area contributed by atoms with Gasteiger partial charge < -0.3 is 10.5 Å². The van der Waals surface area contributed by atoms with Crippen LogP contribution in [0.4, 0.5) is 5.69 Å². The summed E-state index contributed by atoms with van der Waals surface area (Å²) in [7, 11) is 0. The Morgan fingerprint density at radius 3 is 2.86 bits per heavy atom. The van der Waals surface area contributed by atoms with Crippen LogP contribution in [0.3, 0.4) is 0 Å². The van der Waals surface area contributed by atoms with E-state index in [2.05, 4.69) is 15.1 Å². The van der Waals surface area contributed by atoms with E-state index in [0.29, 0.717) is 5.82 Å². The molecule has 3 aromatic rings. The number of anilines is 1. The molecule has 0 saturated heterocycles. The van der Waals surface area contributed by atoms with Gasteiger partial charge in [-0.3, -0.25) is 4.98 Å². The summed E-state index contributed by atoms with van der Waals surface area (Å²) in [5.41, 5.74) is 7.63. The maximum Gasteiger partial charge on any atom is 0.361 e. The summed E-state index contributed by atoms with van der Waals surface area (Å²) in [4.78, 5) is 20.4. The highest BCUT2D eigenvalue weighted by atomic mass is 16.5. The first-order chi connectivity index (χ1) is 10.2. The minimum atomic E-state index is -0.553. The van der Waals surface area contributed by atoms with Crippen LogP contribution in [0.5, 0.6) is 0 Å². The molecule has 0 aliphatic rings. The third kappa shape index (κ3) is 2.40. The van der Waals surface area contributed by atoms with Crippen LogP contribution < -0.4 is 5.73 Å². The molecule has 7 heteroatoms. The zero-order valence-electron chi connectivity index (χ0n) is 11.4. The lowest BCUT2D eigenvalue weighted by atomic mass is 10.3. The monoisotopic (exact) mass is 283 g/mol. The first kappa shape index (κ1) is 13.0. The molecule has 1 aromatic carbocycles. The molecule has 0 amide bonds. The van der Waals surface area contributed by atoms with Crippen molar-refractivity contribution in [2.24, 2.45) is 0 Å². The number of benzene rings is 1. The second kappa shape index (κ2) is 5.20. The van der Waals surface area contributed by atoms with E-state index in [9.17, 15) is 4.79 Å². The zero-order chi connectivity index (χ0) is 14.8. The van der Waals surface area contributed by atoms with E-state index in [1.165, 1.54) is 10.9 Å². The Balaban J connectivity index is 2.02. The summed E-state index contributed by atoms with van der Waals surface area (Å²) in [6.45, 7) is 1.99. The molecule has 21 heavy (non-hydrogen) atoms. The third-order valence-corrected chi connectivity index (χ3v) is 2.88. The lowest BCUT2D eigenvalue weighted by Gasteiger charge is -2.01. The van der Waals surface area contributed by atoms with Crippen molar-refractivity contribution in [3.05, 3.63) is 42.4 Å². The van der Waals surface area contributed by atoms with Gasteiger partial charge >= 0.3 is 5.97 Å². The molecule has 2 heterocycles. The lowest BCUT2D eigenvalue weighted by Crippen LogP contribution is -2.08. The Bertz CT molecular complexity index is 812. The summed E-state index contributed by atoms with van der Waals surface area (Å²) < 4.78 is 6.32. The number of nitrogens with zero attached hydrogens (tertiary/aromatic N) is 4. The quantitative estimate of drug-likeness (QED) is 0.733. The van der Waals surface area contributed by atoms with Crippen molar-refractivity contribution in [1.29, 1.82) is 0 Å². The average molecular weight is 283 g/mol. The van der Waals surface area contributed by atoms with E-state index in [0.717, 1.165) is 11.0 Å². The Morgan fingerprint density at radius 1 is 1.33 bits per heavy atom. The number of hydrogen-bond donors (Lipinski definition) is 1. The predicted octanol–water partition coefficient (Wildman–Crippen LogP) is 1.57. The van der Waals surface area contributed by atoms with E-state index >= 15 is 0 Å². The number of nitrogens with two attached hydrogens (primary N) is 1. The fourth-order valence-corrected chi connectivity index (χ4v) is 1.92. The highest BCUT2D eigenvalue weighted by Gasteiger charge is 2.17. The van der Waals surface area contributed by atoms with Gasteiger partial charge in [0.05, 0.1) is 35.7 Å². The second-order valence-corrected chi connectivity index (χ2v) is 4.32. The Morgan fingerprint density at radius 2 is 2.10 bits per heavy atom. The Kier molecular flexibility index (Phi) is 3.23. The van der Waals surface area contributed by atoms with E-state index < -0.39 is 5.97 Å². The molecule has 2 aromatic heterocycles. The smallest absolute Gasteiger partial charge is 0.361 e. The van der Waals surface area contributed by atoms with Crippen LogP contribution in [0.1, 0.15) is 17.4 Å². The van der Waals surface area contributed by atoms with Crippen LogP contribution >= 0.6 is 0 Å². The molecule has 0 saturated carbocycles. The van der Waals surface area contributed by atoms with Crippen molar-refractivity contribution in [1.82, 2.24) is 19.7 Å². The molecule has 7 nitrogen and oxygen atoms in total.